The molecule has 6 nitrogen and oxygen atoms in total. The second-order valence-corrected chi connectivity index (χ2v) is 7.41. The van der Waals surface area contributed by atoms with E-state index < -0.39 is 16.1 Å². The Morgan fingerprint density at radius 1 is 1.04 bits per heavy atom. The molecule has 0 spiro atoms. The topological polar surface area (TPSA) is 73.9 Å². The van der Waals surface area contributed by atoms with Crippen molar-refractivity contribution in [3.8, 4) is 11.5 Å². The predicted octanol–water partition coefficient (Wildman–Crippen LogP) is 3.15. The smallest absolute Gasteiger partial charge is 0.240 e. The Bertz CT molecular complexity index is 790. The number of benzene rings is 2. The molecule has 0 radical (unpaired) electrons. The molecule has 1 N–H and O–H groups in total. The molecule has 0 aliphatic rings. The number of nitrogens with one attached hydrogen (secondary N) is 1. The number of ether oxygens (including phenoxy) is 3. The average molecular weight is 379 g/mol. The number of hydrogen-bond acceptors (Lipinski definition) is 5. The van der Waals surface area contributed by atoms with Gasteiger partial charge in [0.05, 0.1) is 24.7 Å². The minimum Gasteiger partial charge on any atom is -0.496 e. The summed E-state index contributed by atoms with van der Waals surface area (Å²) < 4.78 is 43.9. The number of hydrogen-bond donors (Lipinski definition) is 1. The zero-order valence-corrected chi connectivity index (χ0v) is 16.1. The molecule has 26 heavy (non-hydrogen) atoms. The molecule has 0 aromatic heterocycles. The van der Waals surface area contributed by atoms with Crippen molar-refractivity contribution >= 4 is 10.0 Å². The molecule has 0 aliphatic heterocycles. The van der Waals surface area contributed by atoms with Gasteiger partial charge in [-0.1, -0.05) is 25.1 Å². The van der Waals surface area contributed by atoms with Crippen LogP contribution in [0, 0.1) is 0 Å². The lowest BCUT2D eigenvalue weighted by atomic mass is 10.1. The van der Waals surface area contributed by atoms with Gasteiger partial charge in [-0.2, -0.15) is 0 Å². The molecule has 0 fully saturated rings. The second-order valence-electron chi connectivity index (χ2n) is 5.64. The molecule has 1 atom stereocenters. The van der Waals surface area contributed by atoms with Gasteiger partial charge in [0.15, 0.2) is 0 Å². The first-order valence-corrected chi connectivity index (χ1v) is 9.88. The first-order chi connectivity index (χ1) is 12.5. The standard InChI is InChI=1S/C19H25NO5S/c1-4-13-25-15-9-11-16(12-10-15)26(21,22)20-14-19(24-3)17-7-5-6-8-18(17)23-2/h5-12,19-20H,4,13-14H2,1-3H3. The van der Waals surface area contributed by atoms with Crippen molar-refractivity contribution in [2.24, 2.45) is 0 Å². The summed E-state index contributed by atoms with van der Waals surface area (Å²) in [7, 11) is -0.556. The van der Waals surface area contributed by atoms with E-state index in [2.05, 4.69) is 4.72 Å². The normalized spacial score (nSPS) is 12.6. The summed E-state index contributed by atoms with van der Waals surface area (Å²) in [6.07, 6.45) is 0.427. The highest BCUT2D eigenvalue weighted by atomic mass is 32.2. The Kier molecular flexibility index (Phi) is 7.44. The number of rotatable bonds is 10. The van der Waals surface area contributed by atoms with Crippen LogP contribution in [0.4, 0.5) is 0 Å². The molecule has 7 heteroatoms. The van der Waals surface area contributed by atoms with Crippen LogP contribution in [0.1, 0.15) is 25.0 Å². The summed E-state index contributed by atoms with van der Waals surface area (Å²) in [6, 6.07) is 13.7. The Morgan fingerprint density at radius 2 is 1.73 bits per heavy atom. The molecule has 0 saturated carbocycles. The van der Waals surface area contributed by atoms with Crippen LogP contribution in [0.2, 0.25) is 0 Å². The van der Waals surface area contributed by atoms with Crippen molar-refractivity contribution in [2.75, 3.05) is 27.4 Å². The van der Waals surface area contributed by atoms with Gasteiger partial charge in [-0.25, -0.2) is 13.1 Å². The molecule has 2 aromatic rings. The first-order valence-electron chi connectivity index (χ1n) is 8.40. The highest BCUT2D eigenvalue weighted by molar-refractivity contribution is 7.89. The maximum atomic E-state index is 12.5. The zero-order valence-electron chi connectivity index (χ0n) is 15.3. The summed E-state index contributed by atoms with van der Waals surface area (Å²) >= 11 is 0. The lowest BCUT2D eigenvalue weighted by molar-refractivity contribution is 0.105. The predicted molar refractivity (Wildman–Crippen MR) is 100 cm³/mol. The summed E-state index contributed by atoms with van der Waals surface area (Å²) in [5.41, 5.74) is 0.781. The van der Waals surface area contributed by atoms with Crippen LogP contribution in [-0.2, 0) is 14.8 Å². The molecule has 0 aliphatic carbocycles. The van der Waals surface area contributed by atoms with Crippen molar-refractivity contribution in [1.82, 2.24) is 4.72 Å². The summed E-state index contributed by atoms with van der Waals surface area (Å²) in [6.45, 7) is 2.70. The number of methoxy groups -OCH3 is 2. The monoisotopic (exact) mass is 379 g/mol. The van der Waals surface area contributed by atoms with Gasteiger partial charge in [-0.3, -0.25) is 0 Å². The van der Waals surface area contributed by atoms with Gasteiger partial charge in [0.1, 0.15) is 11.5 Å². The SMILES string of the molecule is CCCOc1ccc(S(=O)(=O)NCC(OC)c2ccccc2OC)cc1. The van der Waals surface area contributed by atoms with Gasteiger partial charge < -0.3 is 14.2 Å². The third-order valence-electron chi connectivity index (χ3n) is 3.84. The van der Waals surface area contributed by atoms with Crippen LogP contribution in [-0.4, -0.2) is 35.8 Å². The van der Waals surface area contributed by atoms with Crippen LogP contribution in [0.5, 0.6) is 11.5 Å². The third-order valence-corrected chi connectivity index (χ3v) is 5.28. The fourth-order valence-corrected chi connectivity index (χ4v) is 3.49. The molecule has 1 unspecified atom stereocenters. The third kappa shape index (κ3) is 5.20. The zero-order chi connectivity index (χ0) is 19.0. The summed E-state index contributed by atoms with van der Waals surface area (Å²) in [5, 5.41) is 0. The maximum Gasteiger partial charge on any atom is 0.240 e. The Labute approximate surface area is 155 Å². The number of para-hydroxylation sites is 1. The lowest BCUT2D eigenvalue weighted by Crippen LogP contribution is -2.29. The van der Waals surface area contributed by atoms with Crippen LogP contribution in [0.3, 0.4) is 0 Å². The first kappa shape index (κ1) is 20.2. The van der Waals surface area contributed by atoms with Crippen molar-refractivity contribution < 1.29 is 22.6 Å². The fraction of sp³-hybridized carbons (Fsp3) is 0.368. The number of sulfonamides is 1. The van der Waals surface area contributed by atoms with E-state index in [9.17, 15) is 8.42 Å². The molecule has 2 aromatic carbocycles. The van der Waals surface area contributed by atoms with Crippen LogP contribution >= 0.6 is 0 Å². The second kappa shape index (κ2) is 9.56. The van der Waals surface area contributed by atoms with Crippen molar-refractivity contribution in [2.45, 2.75) is 24.3 Å². The molecule has 142 valence electrons. The maximum absolute atomic E-state index is 12.5. The van der Waals surface area contributed by atoms with E-state index in [1.165, 1.54) is 19.2 Å². The highest BCUT2D eigenvalue weighted by Gasteiger charge is 2.20. The molecule has 0 heterocycles. The van der Waals surface area contributed by atoms with Gasteiger partial charge >= 0.3 is 0 Å². The van der Waals surface area contributed by atoms with Crippen LogP contribution < -0.4 is 14.2 Å². The molecule has 2 rings (SSSR count). The van der Waals surface area contributed by atoms with Gasteiger partial charge in [0.2, 0.25) is 10.0 Å². The van der Waals surface area contributed by atoms with Crippen LogP contribution in [0.15, 0.2) is 53.4 Å². The summed E-state index contributed by atoms with van der Waals surface area (Å²) in [5.74, 6) is 1.30. The molecule has 0 amide bonds. The molecular weight excluding hydrogens is 354 g/mol. The lowest BCUT2D eigenvalue weighted by Gasteiger charge is -2.19. The van der Waals surface area contributed by atoms with E-state index in [0.717, 1.165) is 12.0 Å². The largest absolute Gasteiger partial charge is 0.496 e. The van der Waals surface area contributed by atoms with E-state index in [1.54, 1.807) is 19.2 Å². The van der Waals surface area contributed by atoms with Gasteiger partial charge in [0.25, 0.3) is 0 Å². The van der Waals surface area contributed by atoms with E-state index in [4.69, 9.17) is 14.2 Å². The molecular formula is C19H25NO5S. The fourth-order valence-electron chi connectivity index (χ4n) is 2.46. The average Bonchev–Trinajstić information content (AvgIpc) is 2.67. The minimum absolute atomic E-state index is 0.0906. The minimum atomic E-state index is -3.66. The van der Waals surface area contributed by atoms with E-state index in [0.29, 0.717) is 18.1 Å². The Hall–Kier alpha value is -2.09. The molecule has 0 saturated heterocycles. The Balaban J connectivity index is 2.08. The Morgan fingerprint density at radius 3 is 2.35 bits per heavy atom. The van der Waals surface area contributed by atoms with Gasteiger partial charge in [-0.15, -0.1) is 0 Å². The van der Waals surface area contributed by atoms with Gasteiger partial charge in [0, 0.05) is 19.2 Å². The van der Waals surface area contributed by atoms with Crippen molar-refractivity contribution in [3.05, 3.63) is 54.1 Å². The van der Waals surface area contributed by atoms with Gasteiger partial charge in [-0.05, 0) is 36.8 Å². The van der Waals surface area contributed by atoms with E-state index in [1.807, 2.05) is 31.2 Å². The van der Waals surface area contributed by atoms with Crippen molar-refractivity contribution in [3.63, 3.8) is 0 Å². The van der Waals surface area contributed by atoms with E-state index >= 15 is 0 Å². The summed E-state index contributed by atoms with van der Waals surface area (Å²) in [4.78, 5) is 0.177. The molecule has 0 bridgehead atoms. The van der Waals surface area contributed by atoms with E-state index in [-0.39, 0.29) is 11.4 Å². The van der Waals surface area contributed by atoms with Crippen molar-refractivity contribution in [1.29, 1.82) is 0 Å². The quantitative estimate of drug-likeness (QED) is 0.686. The highest BCUT2D eigenvalue weighted by Crippen LogP contribution is 2.27. The van der Waals surface area contributed by atoms with Crippen LogP contribution in [0.25, 0.3) is 0 Å².